The Balaban J connectivity index is 2.22. The first-order chi connectivity index (χ1) is 10.1. The fraction of sp³-hybridized carbons (Fsp3) is 0.467. The molecule has 0 spiro atoms. The van der Waals surface area contributed by atoms with Crippen molar-refractivity contribution in [1.29, 1.82) is 0 Å². The second kappa shape index (κ2) is 6.47. The predicted octanol–water partition coefficient (Wildman–Crippen LogP) is 1.74. The summed E-state index contributed by atoms with van der Waals surface area (Å²) in [4.78, 5) is 24.1. The van der Waals surface area contributed by atoms with Gasteiger partial charge in [0.15, 0.2) is 11.5 Å². The van der Waals surface area contributed by atoms with E-state index in [0.717, 1.165) is 0 Å². The first-order valence-electron chi connectivity index (χ1n) is 6.92. The Morgan fingerprint density at radius 1 is 1.48 bits per heavy atom. The van der Waals surface area contributed by atoms with E-state index in [1.807, 2.05) is 13.0 Å². The molecule has 0 fully saturated rings. The third-order valence-corrected chi connectivity index (χ3v) is 3.70. The maximum atomic E-state index is 11.5. The Labute approximate surface area is 123 Å². The van der Waals surface area contributed by atoms with E-state index in [1.165, 1.54) is 4.90 Å². The molecule has 1 N–H and O–H groups in total. The number of fused-ring (bicyclic) bond motifs is 1. The number of carboxylic acid groups (broad SMARTS) is 1. The zero-order chi connectivity index (χ0) is 15.4. The number of para-hydroxylation sites is 2. The van der Waals surface area contributed by atoms with Crippen LogP contribution in [0.25, 0.3) is 0 Å². The van der Waals surface area contributed by atoms with Gasteiger partial charge >= 0.3 is 5.97 Å². The Kier molecular flexibility index (Phi) is 4.67. The van der Waals surface area contributed by atoms with Crippen molar-refractivity contribution in [1.82, 2.24) is 4.90 Å². The van der Waals surface area contributed by atoms with Crippen LogP contribution in [0.5, 0.6) is 11.5 Å². The Morgan fingerprint density at radius 3 is 2.71 bits per heavy atom. The smallest absolute Gasteiger partial charge is 0.326 e. The molecule has 0 radical (unpaired) electrons. The number of amides is 1. The molecule has 0 aromatic heterocycles. The van der Waals surface area contributed by atoms with E-state index >= 15 is 0 Å². The van der Waals surface area contributed by atoms with Crippen LogP contribution < -0.4 is 9.47 Å². The summed E-state index contributed by atoms with van der Waals surface area (Å²) in [5.41, 5.74) is 0. The van der Waals surface area contributed by atoms with Crippen LogP contribution in [0.15, 0.2) is 24.3 Å². The summed E-state index contributed by atoms with van der Waals surface area (Å²) in [5.74, 6) is -0.128. The lowest BCUT2D eigenvalue weighted by Crippen LogP contribution is -2.54. The number of ether oxygens (including phenoxy) is 2. The van der Waals surface area contributed by atoms with Crippen LogP contribution in [0.3, 0.4) is 0 Å². The minimum Gasteiger partial charge on any atom is -0.484 e. The number of hydrogen-bond acceptors (Lipinski definition) is 4. The highest BCUT2D eigenvalue weighted by molar-refractivity contribution is 5.76. The van der Waals surface area contributed by atoms with Crippen molar-refractivity contribution in [2.75, 3.05) is 6.61 Å². The van der Waals surface area contributed by atoms with Gasteiger partial charge in [-0.1, -0.05) is 32.4 Å². The van der Waals surface area contributed by atoms with E-state index in [9.17, 15) is 14.7 Å². The quantitative estimate of drug-likeness (QED) is 0.809. The molecule has 114 valence electrons. The van der Waals surface area contributed by atoms with Crippen molar-refractivity contribution in [2.45, 2.75) is 32.5 Å². The average Bonchev–Trinajstić information content (AvgIpc) is 2.50. The van der Waals surface area contributed by atoms with Gasteiger partial charge in [0, 0.05) is 0 Å². The predicted molar refractivity (Wildman–Crippen MR) is 75.1 cm³/mol. The lowest BCUT2D eigenvalue weighted by atomic mass is 9.98. The van der Waals surface area contributed by atoms with Crippen LogP contribution in [0, 0.1) is 5.92 Å². The number of rotatable bonds is 6. The van der Waals surface area contributed by atoms with Gasteiger partial charge in [-0.2, -0.15) is 0 Å². The summed E-state index contributed by atoms with van der Waals surface area (Å²) in [5, 5.41) is 9.41. The van der Waals surface area contributed by atoms with Gasteiger partial charge in [-0.25, -0.2) is 4.79 Å². The summed E-state index contributed by atoms with van der Waals surface area (Å²) < 4.78 is 11.3. The highest BCUT2D eigenvalue weighted by Crippen LogP contribution is 2.32. The van der Waals surface area contributed by atoms with Crippen molar-refractivity contribution in [2.24, 2.45) is 5.92 Å². The molecule has 6 heteroatoms. The van der Waals surface area contributed by atoms with E-state index in [-0.39, 0.29) is 12.5 Å². The largest absolute Gasteiger partial charge is 0.484 e. The van der Waals surface area contributed by atoms with Gasteiger partial charge in [0.2, 0.25) is 12.6 Å². The SMILES string of the molecule is CCC(C)C(C(=O)O)N(C=O)C1COc2ccccc2O1. The van der Waals surface area contributed by atoms with E-state index in [0.29, 0.717) is 24.3 Å². The molecule has 1 heterocycles. The van der Waals surface area contributed by atoms with Gasteiger partial charge in [0.05, 0.1) is 0 Å². The summed E-state index contributed by atoms with van der Waals surface area (Å²) in [6, 6.07) is 6.16. The van der Waals surface area contributed by atoms with Crippen LogP contribution in [0.2, 0.25) is 0 Å². The Hall–Kier alpha value is -2.24. The van der Waals surface area contributed by atoms with Gasteiger partial charge in [-0.3, -0.25) is 9.69 Å². The summed E-state index contributed by atoms with van der Waals surface area (Å²) in [6.45, 7) is 3.79. The van der Waals surface area contributed by atoms with Crippen molar-refractivity contribution in [3.8, 4) is 11.5 Å². The molecule has 3 atom stereocenters. The standard InChI is InChI=1S/C15H19NO5/c1-3-10(2)14(15(18)19)16(9-17)13-8-20-11-6-4-5-7-12(11)21-13/h4-7,9-10,13-14H,3,8H2,1-2H3,(H,18,19). The molecule has 3 unspecified atom stereocenters. The van der Waals surface area contributed by atoms with Gasteiger partial charge in [-0.05, 0) is 18.1 Å². The lowest BCUT2D eigenvalue weighted by molar-refractivity contribution is -0.158. The van der Waals surface area contributed by atoms with Crippen molar-refractivity contribution < 1.29 is 24.2 Å². The normalized spacial score (nSPS) is 19.4. The van der Waals surface area contributed by atoms with Crippen molar-refractivity contribution >= 4 is 12.4 Å². The second-order valence-electron chi connectivity index (χ2n) is 5.05. The first-order valence-corrected chi connectivity index (χ1v) is 6.92. The number of carbonyl (C=O) groups is 2. The molecule has 1 amide bonds. The number of benzene rings is 1. The lowest BCUT2D eigenvalue weighted by Gasteiger charge is -2.37. The number of nitrogens with zero attached hydrogens (tertiary/aromatic N) is 1. The average molecular weight is 293 g/mol. The van der Waals surface area contributed by atoms with Crippen LogP contribution in [0.4, 0.5) is 0 Å². The third-order valence-electron chi connectivity index (χ3n) is 3.70. The first kappa shape index (κ1) is 15.2. The number of hydrogen-bond donors (Lipinski definition) is 1. The number of carboxylic acids is 1. The molecule has 1 aliphatic rings. The second-order valence-corrected chi connectivity index (χ2v) is 5.05. The fourth-order valence-electron chi connectivity index (χ4n) is 2.36. The highest BCUT2D eigenvalue weighted by atomic mass is 16.6. The summed E-state index contributed by atoms with van der Waals surface area (Å²) >= 11 is 0. The molecule has 1 aromatic rings. The van der Waals surface area contributed by atoms with Crippen LogP contribution in [-0.2, 0) is 9.59 Å². The maximum absolute atomic E-state index is 11.5. The number of aliphatic carboxylic acids is 1. The molecule has 0 saturated heterocycles. The molecule has 21 heavy (non-hydrogen) atoms. The molecule has 0 aliphatic carbocycles. The minimum absolute atomic E-state index is 0.107. The molecule has 6 nitrogen and oxygen atoms in total. The highest BCUT2D eigenvalue weighted by Gasteiger charge is 2.37. The molecule has 2 rings (SSSR count). The monoisotopic (exact) mass is 293 g/mol. The molecule has 0 bridgehead atoms. The fourth-order valence-corrected chi connectivity index (χ4v) is 2.36. The third kappa shape index (κ3) is 3.09. The molecule has 1 aliphatic heterocycles. The van der Waals surface area contributed by atoms with Crippen LogP contribution in [-0.4, -0.2) is 41.3 Å². The minimum atomic E-state index is -1.04. The van der Waals surface area contributed by atoms with Crippen molar-refractivity contribution in [3.63, 3.8) is 0 Å². The molecule has 0 saturated carbocycles. The van der Waals surface area contributed by atoms with Crippen molar-refractivity contribution in [3.05, 3.63) is 24.3 Å². The van der Waals surface area contributed by atoms with Gasteiger partial charge < -0.3 is 14.6 Å². The molecular weight excluding hydrogens is 274 g/mol. The van der Waals surface area contributed by atoms with E-state index in [2.05, 4.69) is 0 Å². The van der Waals surface area contributed by atoms with Crippen LogP contribution >= 0.6 is 0 Å². The van der Waals surface area contributed by atoms with E-state index in [1.54, 1.807) is 25.1 Å². The van der Waals surface area contributed by atoms with Gasteiger partial charge in [0.1, 0.15) is 12.6 Å². The van der Waals surface area contributed by atoms with E-state index < -0.39 is 18.2 Å². The van der Waals surface area contributed by atoms with Gasteiger partial charge in [0.25, 0.3) is 0 Å². The van der Waals surface area contributed by atoms with Gasteiger partial charge in [-0.15, -0.1) is 0 Å². The Bertz CT molecular complexity index is 519. The molecule has 1 aromatic carbocycles. The maximum Gasteiger partial charge on any atom is 0.326 e. The Morgan fingerprint density at radius 2 is 2.14 bits per heavy atom. The van der Waals surface area contributed by atoms with E-state index in [4.69, 9.17) is 9.47 Å². The molecular formula is C15H19NO5. The summed E-state index contributed by atoms with van der Waals surface area (Å²) in [7, 11) is 0. The zero-order valence-corrected chi connectivity index (χ0v) is 12.1. The number of carbonyl (C=O) groups excluding carboxylic acids is 1. The topological polar surface area (TPSA) is 76.1 Å². The van der Waals surface area contributed by atoms with Crippen LogP contribution in [0.1, 0.15) is 20.3 Å². The zero-order valence-electron chi connectivity index (χ0n) is 12.1. The summed E-state index contributed by atoms with van der Waals surface area (Å²) in [6.07, 6.45) is 0.422.